The summed E-state index contributed by atoms with van der Waals surface area (Å²) in [5.74, 6) is 0.0475. The van der Waals surface area contributed by atoms with E-state index in [9.17, 15) is 4.79 Å². The fourth-order valence-electron chi connectivity index (χ4n) is 3.44. The van der Waals surface area contributed by atoms with Gasteiger partial charge in [0.05, 0.1) is 11.7 Å². The Labute approximate surface area is 167 Å². The predicted molar refractivity (Wildman–Crippen MR) is 109 cm³/mol. The molecule has 29 heavy (non-hydrogen) atoms. The van der Waals surface area contributed by atoms with Gasteiger partial charge in [-0.3, -0.25) is 24.8 Å². The van der Waals surface area contributed by atoms with E-state index in [4.69, 9.17) is 0 Å². The van der Waals surface area contributed by atoms with E-state index in [1.54, 1.807) is 6.20 Å². The van der Waals surface area contributed by atoms with Crippen molar-refractivity contribution in [3.8, 4) is 11.1 Å². The SMILES string of the molecule is O=C(Nc1cnccn1)c1n[nH]c2ccc(-c3cncc(CN4CCC4)c3)cc12. The van der Waals surface area contributed by atoms with E-state index in [0.29, 0.717) is 11.5 Å². The number of anilines is 1. The topological polar surface area (TPSA) is 99.7 Å². The van der Waals surface area contributed by atoms with Crippen LogP contribution in [0.1, 0.15) is 22.5 Å². The molecule has 0 bridgehead atoms. The molecule has 5 rings (SSSR count). The van der Waals surface area contributed by atoms with Crippen molar-refractivity contribution in [2.24, 2.45) is 0 Å². The van der Waals surface area contributed by atoms with Crippen molar-refractivity contribution in [1.29, 1.82) is 0 Å². The van der Waals surface area contributed by atoms with Crippen LogP contribution in [0.2, 0.25) is 0 Å². The molecule has 1 fully saturated rings. The number of nitrogens with zero attached hydrogens (tertiary/aromatic N) is 5. The average Bonchev–Trinajstić information content (AvgIpc) is 3.15. The fraction of sp³-hybridized carbons (Fsp3) is 0.190. The lowest BCUT2D eigenvalue weighted by molar-refractivity contribution is 0.102. The largest absolute Gasteiger partial charge is 0.304 e. The lowest BCUT2D eigenvalue weighted by atomic mass is 10.0. The first kappa shape index (κ1) is 17.4. The highest BCUT2D eigenvalue weighted by Crippen LogP contribution is 2.26. The van der Waals surface area contributed by atoms with Gasteiger partial charge in [0.15, 0.2) is 11.5 Å². The number of aromatic amines is 1. The Morgan fingerprint density at radius 2 is 2.00 bits per heavy atom. The standard InChI is InChI=1S/C21H19N7O/c29-21(25-19-12-22-4-5-24-19)20-17-9-15(2-3-18(17)26-27-20)16-8-14(10-23-11-16)13-28-6-1-7-28/h2-5,8-12H,1,6-7,13H2,(H,26,27)(H,24,25,29). The number of pyridine rings is 1. The highest BCUT2D eigenvalue weighted by Gasteiger charge is 2.17. The van der Waals surface area contributed by atoms with Gasteiger partial charge in [-0.25, -0.2) is 4.98 Å². The maximum atomic E-state index is 12.7. The molecule has 144 valence electrons. The van der Waals surface area contributed by atoms with Gasteiger partial charge >= 0.3 is 0 Å². The number of likely N-dealkylation sites (tertiary alicyclic amines) is 1. The Hall–Kier alpha value is -3.65. The molecule has 1 aromatic carbocycles. The molecule has 8 heteroatoms. The van der Waals surface area contributed by atoms with Gasteiger partial charge in [0.1, 0.15) is 0 Å². The summed E-state index contributed by atoms with van der Waals surface area (Å²) in [6.45, 7) is 3.21. The van der Waals surface area contributed by atoms with Crippen LogP contribution < -0.4 is 5.32 Å². The number of amides is 1. The number of H-pyrrole nitrogens is 1. The first-order chi connectivity index (χ1) is 14.3. The van der Waals surface area contributed by atoms with Crippen LogP contribution in [0.4, 0.5) is 5.82 Å². The minimum Gasteiger partial charge on any atom is -0.304 e. The summed E-state index contributed by atoms with van der Waals surface area (Å²) in [5.41, 5.74) is 4.31. The summed E-state index contributed by atoms with van der Waals surface area (Å²) in [5, 5.41) is 10.6. The number of hydrogen-bond donors (Lipinski definition) is 2. The molecule has 0 spiro atoms. The third kappa shape index (κ3) is 3.57. The quantitative estimate of drug-likeness (QED) is 0.548. The van der Waals surface area contributed by atoms with Crippen LogP contribution in [0.3, 0.4) is 0 Å². The highest BCUT2D eigenvalue weighted by atomic mass is 16.2. The number of fused-ring (bicyclic) bond motifs is 1. The number of nitrogens with one attached hydrogen (secondary N) is 2. The third-order valence-corrected chi connectivity index (χ3v) is 5.07. The molecule has 1 aliphatic rings. The fourth-order valence-corrected chi connectivity index (χ4v) is 3.44. The third-order valence-electron chi connectivity index (χ3n) is 5.07. The molecule has 4 heterocycles. The number of aromatic nitrogens is 5. The maximum absolute atomic E-state index is 12.7. The van der Waals surface area contributed by atoms with Gasteiger partial charge in [-0.1, -0.05) is 6.07 Å². The molecular formula is C21H19N7O. The summed E-state index contributed by atoms with van der Waals surface area (Å²) in [4.78, 5) is 27.5. The van der Waals surface area contributed by atoms with Crippen LogP contribution in [-0.4, -0.2) is 49.0 Å². The van der Waals surface area contributed by atoms with Crippen LogP contribution >= 0.6 is 0 Å². The number of hydrogen-bond acceptors (Lipinski definition) is 6. The average molecular weight is 385 g/mol. The zero-order valence-corrected chi connectivity index (χ0v) is 15.7. The summed E-state index contributed by atoms with van der Waals surface area (Å²) in [6, 6.07) is 8.06. The lowest BCUT2D eigenvalue weighted by Crippen LogP contribution is -2.36. The second-order valence-electron chi connectivity index (χ2n) is 7.09. The molecule has 1 saturated heterocycles. The second-order valence-corrected chi connectivity index (χ2v) is 7.09. The Balaban J connectivity index is 1.45. The summed E-state index contributed by atoms with van der Waals surface area (Å²) in [7, 11) is 0. The van der Waals surface area contributed by atoms with Gasteiger partial charge in [0, 0.05) is 42.3 Å². The van der Waals surface area contributed by atoms with Gasteiger partial charge < -0.3 is 5.32 Å². The summed E-state index contributed by atoms with van der Waals surface area (Å²) in [6.07, 6.45) is 9.60. The molecule has 2 N–H and O–H groups in total. The monoisotopic (exact) mass is 385 g/mol. The summed E-state index contributed by atoms with van der Waals surface area (Å²) >= 11 is 0. The number of benzene rings is 1. The molecular weight excluding hydrogens is 366 g/mol. The Morgan fingerprint density at radius 3 is 2.79 bits per heavy atom. The van der Waals surface area contributed by atoms with E-state index in [1.807, 2.05) is 30.6 Å². The van der Waals surface area contributed by atoms with Crippen LogP contribution in [0.25, 0.3) is 22.0 Å². The zero-order chi connectivity index (χ0) is 19.6. The van der Waals surface area contributed by atoms with E-state index in [-0.39, 0.29) is 5.91 Å². The number of carbonyl (C=O) groups is 1. The van der Waals surface area contributed by atoms with Crippen LogP contribution in [0, 0.1) is 0 Å². The smallest absolute Gasteiger partial charge is 0.277 e. The normalized spacial score (nSPS) is 13.9. The first-order valence-electron chi connectivity index (χ1n) is 9.48. The van der Waals surface area contributed by atoms with Crippen molar-refractivity contribution in [2.45, 2.75) is 13.0 Å². The Bertz CT molecular complexity index is 1170. The van der Waals surface area contributed by atoms with E-state index in [1.165, 1.54) is 24.4 Å². The molecule has 1 amide bonds. The molecule has 0 atom stereocenters. The van der Waals surface area contributed by atoms with Gasteiger partial charge in [0.25, 0.3) is 5.91 Å². The molecule has 0 unspecified atom stereocenters. The highest BCUT2D eigenvalue weighted by molar-refractivity contribution is 6.11. The molecule has 3 aromatic heterocycles. The molecule has 8 nitrogen and oxygen atoms in total. The van der Waals surface area contributed by atoms with Crippen LogP contribution in [0.15, 0.2) is 55.2 Å². The van der Waals surface area contributed by atoms with Gasteiger partial charge in [-0.05, 0) is 48.8 Å². The van der Waals surface area contributed by atoms with E-state index in [2.05, 4.69) is 41.4 Å². The van der Waals surface area contributed by atoms with Crippen molar-refractivity contribution in [2.75, 3.05) is 18.4 Å². The second kappa shape index (κ2) is 7.40. The molecule has 0 saturated carbocycles. The van der Waals surface area contributed by atoms with E-state index in [0.717, 1.165) is 41.7 Å². The Kier molecular flexibility index (Phi) is 4.45. The van der Waals surface area contributed by atoms with Crippen LogP contribution in [-0.2, 0) is 6.54 Å². The van der Waals surface area contributed by atoms with Gasteiger partial charge in [-0.2, -0.15) is 5.10 Å². The minimum absolute atomic E-state index is 0.317. The maximum Gasteiger partial charge on any atom is 0.277 e. The van der Waals surface area contributed by atoms with Crippen molar-refractivity contribution < 1.29 is 4.79 Å². The van der Waals surface area contributed by atoms with Crippen molar-refractivity contribution in [3.63, 3.8) is 0 Å². The van der Waals surface area contributed by atoms with E-state index >= 15 is 0 Å². The number of carbonyl (C=O) groups excluding carboxylic acids is 1. The summed E-state index contributed by atoms with van der Waals surface area (Å²) < 4.78 is 0. The first-order valence-corrected chi connectivity index (χ1v) is 9.48. The van der Waals surface area contributed by atoms with Crippen molar-refractivity contribution in [3.05, 3.63) is 66.5 Å². The van der Waals surface area contributed by atoms with Gasteiger partial charge in [0.2, 0.25) is 0 Å². The van der Waals surface area contributed by atoms with E-state index < -0.39 is 0 Å². The zero-order valence-electron chi connectivity index (χ0n) is 15.7. The van der Waals surface area contributed by atoms with Crippen LogP contribution in [0.5, 0.6) is 0 Å². The molecule has 1 aliphatic heterocycles. The predicted octanol–water partition coefficient (Wildman–Crippen LogP) is 2.87. The molecule has 0 radical (unpaired) electrons. The van der Waals surface area contributed by atoms with Crippen molar-refractivity contribution >= 4 is 22.6 Å². The lowest BCUT2D eigenvalue weighted by Gasteiger charge is -2.30. The number of rotatable bonds is 5. The Morgan fingerprint density at radius 1 is 1.07 bits per heavy atom. The van der Waals surface area contributed by atoms with Gasteiger partial charge in [-0.15, -0.1) is 0 Å². The molecule has 0 aliphatic carbocycles. The molecule has 4 aromatic rings. The van der Waals surface area contributed by atoms with Crippen molar-refractivity contribution in [1.82, 2.24) is 30.0 Å². The minimum atomic E-state index is -0.335.